The zero-order valence-electron chi connectivity index (χ0n) is 16.1. The van der Waals surface area contributed by atoms with Crippen LogP contribution >= 0.6 is 0 Å². The second kappa shape index (κ2) is 7.80. The molecule has 2 aliphatic heterocycles. The minimum absolute atomic E-state index is 0.00850. The highest BCUT2D eigenvalue weighted by molar-refractivity contribution is 5.76. The zero-order chi connectivity index (χ0) is 18.7. The fourth-order valence-corrected chi connectivity index (χ4v) is 4.59. The van der Waals surface area contributed by atoms with Crippen molar-refractivity contribution in [1.29, 1.82) is 0 Å². The van der Waals surface area contributed by atoms with Crippen molar-refractivity contribution in [1.82, 2.24) is 34.5 Å². The average molecular weight is 371 g/mol. The number of hydrogen-bond acceptors (Lipinski definition) is 5. The van der Waals surface area contributed by atoms with E-state index in [1.165, 1.54) is 30.6 Å². The largest absolute Gasteiger partial charge is 0.348 e. The quantitative estimate of drug-likeness (QED) is 0.833. The Bertz CT molecular complexity index is 746. The Morgan fingerprint density at radius 2 is 2.11 bits per heavy atom. The number of carbonyl (C=O) groups excluding carboxylic acids is 1. The predicted molar refractivity (Wildman–Crippen MR) is 101 cm³/mol. The van der Waals surface area contributed by atoms with Gasteiger partial charge < -0.3 is 9.88 Å². The van der Waals surface area contributed by atoms with E-state index in [9.17, 15) is 4.79 Å². The molecule has 1 saturated heterocycles. The van der Waals surface area contributed by atoms with Gasteiger partial charge in [-0.05, 0) is 25.8 Å². The van der Waals surface area contributed by atoms with Crippen molar-refractivity contribution < 1.29 is 4.79 Å². The van der Waals surface area contributed by atoms with Gasteiger partial charge in [0.05, 0.1) is 24.1 Å². The van der Waals surface area contributed by atoms with Crippen molar-refractivity contribution >= 4 is 5.91 Å². The van der Waals surface area contributed by atoms with E-state index in [-0.39, 0.29) is 11.4 Å². The first-order chi connectivity index (χ1) is 13.2. The van der Waals surface area contributed by atoms with E-state index in [0.717, 1.165) is 45.4 Å². The van der Waals surface area contributed by atoms with Crippen LogP contribution in [0, 0.1) is 0 Å². The molecule has 8 nitrogen and oxygen atoms in total. The van der Waals surface area contributed by atoms with Crippen molar-refractivity contribution in [2.45, 2.75) is 57.5 Å². The second-order valence-electron chi connectivity index (χ2n) is 7.64. The van der Waals surface area contributed by atoms with Gasteiger partial charge in [-0.3, -0.25) is 14.4 Å². The van der Waals surface area contributed by atoms with E-state index >= 15 is 0 Å². The minimum Gasteiger partial charge on any atom is -0.348 e. The van der Waals surface area contributed by atoms with Gasteiger partial charge in [0, 0.05) is 38.2 Å². The molecule has 0 aromatic carbocycles. The maximum atomic E-state index is 12.6. The lowest BCUT2D eigenvalue weighted by Gasteiger charge is -2.50. The van der Waals surface area contributed by atoms with Gasteiger partial charge in [0.1, 0.15) is 12.7 Å². The number of likely N-dealkylation sites (tertiary alicyclic amines) is 1. The van der Waals surface area contributed by atoms with E-state index in [4.69, 9.17) is 4.98 Å². The van der Waals surface area contributed by atoms with Crippen molar-refractivity contribution in [3.63, 3.8) is 0 Å². The Balaban J connectivity index is 1.43. The number of carbonyl (C=O) groups is 1. The molecule has 0 saturated carbocycles. The molecule has 2 aromatic rings. The predicted octanol–water partition coefficient (Wildman–Crippen LogP) is 1.57. The lowest BCUT2D eigenvalue weighted by atomic mass is 9.78. The summed E-state index contributed by atoms with van der Waals surface area (Å²) in [6, 6.07) is 0. The number of nitrogens with one attached hydrogen (secondary N) is 1. The van der Waals surface area contributed by atoms with Crippen LogP contribution in [-0.4, -0.2) is 66.6 Å². The summed E-state index contributed by atoms with van der Waals surface area (Å²) in [5, 5.41) is 4.08. The summed E-state index contributed by atoms with van der Waals surface area (Å²) in [7, 11) is 0. The smallest absolute Gasteiger partial charge is 0.224 e. The zero-order valence-corrected chi connectivity index (χ0v) is 16.1. The summed E-state index contributed by atoms with van der Waals surface area (Å²) in [6.07, 6.45) is 10.9. The molecule has 0 aliphatic carbocycles. The normalized spacial score (nSPS) is 19.4. The third-order valence-corrected chi connectivity index (χ3v) is 6.14. The lowest BCUT2D eigenvalue weighted by molar-refractivity contribution is -0.134. The number of H-pyrrole nitrogens is 1. The molecule has 146 valence electrons. The summed E-state index contributed by atoms with van der Waals surface area (Å²) in [5.74, 6) is 0.207. The van der Waals surface area contributed by atoms with Gasteiger partial charge in [-0.2, -0.15) is 5.10 Å². The second-order valence-corrected chi connectivity index (χ2v) is 7.64. The van der Waals surface area contributed by atoms with Crippen molar-refractivity contribution in [2.24, 2.45) is 0 Å². The average Bonchev–Trinajstić information content (AvgIpc) is 3.38. The first-order valence-electron chi connectivity index (χ1n) is 10.1. The molecule has 0 radical (unpaired) electrons. The van der Waals surface area contributed by atoms with Gasteiger partial charge in [-0.25, -0.2) is 9.97 Å². The van der Waals surface area contributed by atoms with Gasteiger partial charge in [-0.1, -0.05) is 13.3 Å². The van der Waals surface area contributed by atoms with Crippen LogP contribution in [0.15, 0.2) is 19.0 Å². The van der Waals surface area contributed by atoms with Gasteiger partial charge in [0.15, 0.2) is 0 Å². The Kier molecular flexibility index (Phi) is 5.24. The highest BCUT2D eigenvalue weighted by Crippen LogP contribution is 2.42. The minimum atomic E-state index is -0.00850. The SMILES string of the molecule is CCCCN1CCc2[nH]cnc2C12CCN(C(=O)CCn1cncn1)CC2. The number of nitrogens with zero attached hydrogens (tertiary/aromatic N) is 6. The first-order valence-corrected chi connectivity index (χ1v) is 10.1. The van der Waals surface area contributed by atoms with Gasteiger partial charge >= 0.3 is 0 Å². The topological polar surface area (TPSA) is 82.9 Å². The maximum Gasteiger partial charge on any atom is 0.224 e. The fraction of sp³-hybridized carbons (Fsp3) is 0.684. The van der Waals surface area contributed by atoms with Crippen LogP contribution < -0.4 is 0 Å². The number of aromatic amines is 1. The molecule has 0 atom stereocenters. The third kappa shape index (κ3) is 3.50. The highest BCUT2D eigenvalue weighted by Gasteiger charge is 2.46. The number of unbranched alkanes of at least 4 members (excludes halogenated alkanes) is 1. The molecule has 1 N–H and O–H groups in total. The number of aromatic nitrogens is 5. The molecule has 1 fully saturated rings. The van der Waals surface area contributed by atoms with Crippen LogP contribution in [0.3, 0.4) is 0 Å². The Morgan fingerprint density at radius 1 is 1.26 bits per heavy atom. The number of imidazole rings is 1. The molecular weight excluding hydrogens is 342 g/mol. The molecule has 2 aromatic heterocycles. The third-order valence-electron chi connectivity index (χ3n) is 6.14. The number of rotatable bonds is 6. The number of aryl methyl sites for hydroxylation is 1. The van der Waals surface area contributed by atoms with Crippen LogP contribution in [0.4, 0.5) is 0 Å². The molecule has 0 bridgehead atoms. The summed E-state index contributed by atoms with van der Waals surface area (Å²) >= 11 is 0. The standard InChI is InChI=1S/C19H29N7O/c1-2-3-8-25-9-4-16-18(22-14-21-16)19(25)6-11-24(12-7-19)17(27)5-10-26-15-20-13-23-26/h13-15H,2-12H2,1H3,(H,21,22). The molecule has 27 heavy (non-hydrogen) atoms. The summed E-state index contributed by atoms with van der Waals surface area (Å²) < 4.78 is 1.72. The van der Waals surface area contributed by atoms with Crippen LogP contribution in [-0.2, 0) is 23.3 Å². The molecule has 4 heterocycles. The first kappa shape index (κ1) is 18.2. The van der Waals surface area contributed by atoms with Crippen molar-refractivity contribution in [3.05, 3.63) is 30.4 Å². The van der Waals surface area contributed by atoms with Crippen LogP contribution in [0.25, 0.3) is 0 Å². The molecule has 8 heteroatoms. The van der Waals surface area contributed by atoms with E-state index < -0.39 is 0 Å². The van der Waals surface area contributed by atoms with Crippen molar-refractivity contribution in [2.75, 3.05) is 26.2 Å². The Labute approximate surface area is 160 Å². The molecule has 0 unspecified atom stereocenters. The van der Waals surface area contributed by atoms with Crippen LogP contribution in [0.2, 0.25) is 0 Å². The summed E-state index contributed by atoms with van der Waals surface area (Å²) in [4.78, 5) is 29.3. The van der Waals surface area contributed by atoms with Gasteiger partial charge in [0.25, 0.3) is 0 Å². The van der Waals surface area contributed by atoms with Crippen molar-refractivity contribution in [3.8, 4) is 0 Å². The number of piperidine rings is 1. The fourth-order valence-electron chi connectivity index (χ4n) is 4.59. The number of amides is 1. The van der Waals surface area contributed by atoms with E-state index in [2.05, 4.69) is 26.9 Å². The maximum absolute atomic E-state index is 12.6. The Hall–Kier alpha value is -2.22. The molecular formula is C19H29N7O. The van der Waals surface area contributed by atoms with E-state index in [0.29, 0.717) is 13.0 Å². The molecule has 1 amide bonds. The molecule has 4 rings (SSSR count). The monoisotopic (exact) mass is 371 g/mol. The summed E-state index contributed by atoms with van der Waals surface area (Å²) in [6.45, 7) is 6.62. The highest BCUT2D eigenvalue weighted by atomic mass is 16.2. The van der Waals surface area contributed by atoms with Crippen LogP contribution in [0.5, 0.6) is 0 Å². The van der Waals surface area contributed by atoms with E-state index in [1.807, 2.05) is 11.2 Å². The number of fused-ring (bicyclic) bond motifs is 2. The molecule has 1 spiro atoms. The van der Waals surface area contributed by atoms with Crippen LogP contribution in [0.1, 0.15) is 50.4 Å². The van der Waals surface area contributed by atoms with Gasteiger partial charge in [0.2, 0.25) is 5.91 Å². The summed E-state index contributed by atoms with van der Waals surface area (Å²) in [5.41, 5.74) is 2.50. The lowest BCUT2D eigenvalue weighted by Crippen LogP contribution is -2.57. The Morgan fingerprint density at radius 3 is 2.85 bits per heavy atom. The van der Waals surface area contributed by atoms with E-state index in [1.54, 1.807) is 11.0 Å². The number of hydrogen-bond donors (Lipinski definition) is 1. The molecule has 2 aliphatic rings. The van der Waals surface area contributed by atoms with Gasteiger partial charge in [-0.15, -0.1) is 0 Å².